The number of hydrogen-bond acceptors (Lipinski definition) is 21. The minimum absolute atomic E-state index is 0.0635. The van der Waals surface area contributed by atoms with E-state index in [4.69, 9.17) is 47.4 Å². The Balaban J connectivity index is 0.000000461. The van der Waals surface area contributed by atoms with E-state index in [1.807, 2.05) is 83.1 Å². The number of hydrogen-bond donors (Lipinski definition) is 0. The van der Waals surface area contributed by atoms with Crippen molar-refractivity contribution in [3.8, 4) is 0 Å². The topological polar surface area (TPSA) is 257 Å². The van der Waals surface area contributed by atoms with Gasteiger partial charge in [0.2, 0.25) is 0 Å². The molecular formula is C48H80O21. The van der Waals surface area contributed by atoms with Crippen LogP contribution in [0.1, 0.15) is 147 Å². The van der Waals surface area contributed by atoms with Crippen molar-refractivity contribution in [1.82, 2.24) is 0 Å². The van der Waals surface area contributed by atoms with Crippen molar-refractivity contribution in [3.05, 3.63) is 0 Å². The van der Waals surface area contributed by atoms with Crippen molar-refractivity contribution in [2.24, 2.45) is 21.7 Å². The van der Waals surface area contributed by atoms with Crippen LogP contribution in [0.15, 0.2) is 0 Å². The molecule has 4 aliphatic rings. The zero-order valence-electron chi connectivity index (χ0n) is 43.0. The lowest BCUT2D eigenvalue weighted by molar-refractivity contribution is -0.157. The van der Waals surface area contributed by atoms with Crippen molar-refractivity contribution in [3.63, 3.8) is 0 Å². The third-order valence-electron chi connectivity index (χ3n) is 11.8. The van der Waals surface area contributed by atoms with Gasteiger partial charge in [0.1, 0.15) is 51.8 Å². The third-order valence-corrected chi connectivity index (χ3v) is 11.8. The van der Waals surface area contributed by atoms with Gasteiger partial charge < -0.3 is 61.6 Å². The highest BCUT2D eigenvalue weighted by Gasteiger charge is 2.33. The second kappa shape index (κ2) is 31.2. The van der Waals surface area contributed by atoms with Crippen molar-refractivity contribution in [2.75, 3.05) is 66.1 Å². The van der Waals surface area contributed by atoms with Crippen molar-refractivity contribution in [2.45, 2.75) is 172 Å². The summed E-state index contributed by atoms with van der Waals surface area (Å²) < 4.78 is 63.5. The van der Waals surface area contributed by atoms with E-state index >= 15 is 0 Å². The minimum Gasteiger partial charge on any atom is -0.465 e. The Morgan fingerprint density at radius 3 is 1.09 bits per heavy atom. The van der Waals surface area contributed by atoms with E-state index in [0.717, 1.165) is 44.9 Å². The van der Waals surface area contributed by atoms with Crippen LogP contribution in [0.25, 0.3) is 0 Å². The van der Waals surface area contributed by atoms with Crippen LogP contribution in [-0.4, -0.2) is 139 Å². The van der Waals surface area contributed by atoms with E-state index in [-0.39, 0.29) is 81.8 Å². The number of carbonyl (C=O) groups excluding carboxylic acids is 8. The first kappa shape index (κ1) is 61.9. The number of rotatable bonds is 25. The molecule has 4 atom stereocenters. The van der Waals surface area contributed by atoms with Gasteiger partial charge in [-0.25, -0.2) is 19.2 Å². The normalized spacial score (nSPS) is 19.6. The van der Waals surface area contributed by atoms with Crippen molar-refractivity contribution >= 4 is 48.5 Å². The molecule has 0 aromatic rings. The zero-order chi connectivity index (χ0) is 52.3. The van der Waals surface area contributed by atoms with Crippen LogP contribution in [0, 0.1) is 21.7 Å². The summed E-state index contributed by atoms with van der Waals surface area (Å²) in [5.74, 6) is -0.829. The summed E-state index contributed by atoms with van der Waals surface area (Å²) in [4.78, 5) is 88.9. The second-order valence-corrected chi connectivity index (χ2v) is 19.2. The average molecular weight is 993 g/mol. The van der Waals surface area contributed by atoms with E-state index in [2.05, 4.69) is 14.2 Å². The van der Waals surface area contributed by atoms with Gasteiger partial charge in [0, 0.05) is 0 Å². The number of unbranched alkanes of at least 4 members (excludes halogenated alkanes) is 2. The van der Waals surface area contributed by atoms with Crippen LogP contribution < -0.4 is 0 Å². The van der Waals surface area contributed by atoms with Crippen LogP contribution >= 0.6 is 0 Å². The molecule has 0 spiro atoms. The molecule has 0 aromatic carbocycles. The van der Waals surface area contributed by atoms with E-state index in [0.29, 0.717) is 45.7 Å². The predicted octanol–water partition coefficient (Wildman–Crippen LogP) is 8.36. The molecule has 0 saturated carbocycles. The van der Waals surface area contributed by atoms with Crippen molar-refractivity contribution < 1.29 is 99.9 Å². The predicted molar refractivity (Wildman–Crippen MR) is 244 cm³/mol. The Bertz CT molecular complexity index is 1620. The molecule has 4 saturated heterocycles. The lowest BCUT2D eigenvalue weighted by Crippen LogP contribution is -2.29. The molecule has 4 fully saturated rings. The van der Waals surface area contributed by atoms with Gasteiger partial charge in [-0.2, -0.15) is 0 Å². The highest BCUT2D eigenvalue weighted by Crippen LogP contribution is 2.25. The summed E-state index contributed by atoms with van der Waals surface area (Å²) in [6, 6.07) is 0. The van der Waals surface area contributed by atoms with Crippen LogP contribution in [0.2, 0.25) is 0 Å². The van der Waals surface area contributed by atoms with Gasteiger partial charge in [-0.1, -0.05) is 27.7 Å². The summed E-state index contributed by atoms with van der Waals surface area (Å²) >= 11 is 0. The van der Waals surface area contributed by atoms with E-state index in [1.54, 1.807) is 0 Å². The molecule has 4 rings (SSSR count). The number of carbonyl (C=O) groups is 8. The monoisotopic (exact) mass is 993 g/mol. The molecule has 4 heterocycles. The first-order valence-electron chi connectivity index (χ1n) is 23.9. The lowest BCUT2D eigenvalue weighted by Gasteiger charge is -2.20. The number of esters is 4. The summed E-state index contributed by atoms with van der Waals surface area (Å²) in [7, 11) is 0. The molecule has 4 aliphatic heterocycles. The Hall–Kier alpha value is -5.08. The standard InChI is InChI=1S/C14H24O5.C12H20O6.C12H20O5.C10H16O5/c1-4-14(2,3)12(15)17-9-7-5-6-8-11-10-18-13(16)19-11;1-4-12(2,3)10(13)16-6-5-15-7-9-8-17-11(14)18-9;1-4-12(2,3)10(13)15-7-5-6-9-8-16-11(14)17-9;1-4-10(2,3)8(11)13-5-7-6-14-9(12)15-7/h11H,4-10H2,1-3H3;9H,4-8H2,1-3H3;9H,4-8H2,1-3H3;7H,4-6H2,1-3H3. The van der Waals surface area contributed by atoms with Crippen LogP contribution in [-0.2, 0) is 80.8 Å². The maximum atomic E-state index is 11.7. The fraction of sp³-hybridized carbons (Fsp3) is 0.833. The molecule has 4 unspecified atom stereocenters. The van der Waals surface area contributed by atoms with Crippen LogP contribution in [0.3, 0.4) is 0 Å². The van der Waals surface area contributed by atoms with Gasteiger partial charge in [0.25, 0.3) is 0 Å². The summed E-state index contributed by atoms with van der Waals surface area (Å²) in [6.45, 7) is 25.2. The van der Waals surface area contributed by atoms with E-state index in [9.17, 15) is 38.4 Å². The molecule has 0 aliphatic carbocycles. The maximum absolute atomic E-state index is 11.7. The van der Waals surface area contributed by atoms with Gasteiger partial charge in [0.05, 0.1) is 48.1 Å². The quantitative estimate of drug-likeness (QED) is 0.0472. The first-order chi connectivity index (χ1) is 32.3. The summed E-state index contributed by atoms with van der Waals surface area (Å²) in [5.41, 5.74) is -1.78. The molecule has 0 radical (unpaired) electrons. The highest BCUT2D eigenvalue weighted by molar-refractivity contribution is 5.77. The molecule has 398 valence electrons. The third kappa shape index (κ3) is 25.4. The number of cyclic esters (lactones) is 8. The maximum Gasteiger partial charge on any atom is 0.508 e. The van der Waals surface area contributed by atoms with Gasteiger partial charge in [-0.05, 0) is 120 Å². The Morgan fingerprint density at radius 2 is 0.725 bits per heavy atom. The van der Waals surface area contributed by atoms with Crippen LogP contribution in [0.5, 0.6) is 0 Å². The largest absolute Gasteiger partial charge is 0.508 e. The molecule has 0 bridgehead atoms. The Labute approximate surface area is 407 Å². The molecular weight excluding hydrogens is 913 g/mol. The average Bonchev–Trinajstić information content (AvgIpc) is 4.14. The van der Waals surface area contributed by atoms with E-state index < -0.39 is 52.4 Å². The SMILES string of the molecule is CCC(C)(C)C(=O)OCC1COC(=O)O1.CCC(C)(C)C(=O)OCCCC1COC(=O)O1.CCC(C)(C)C(=O)OCCCCCC1COC(=O)O1.CCC(C)(C)C(=O)OCCOCC1COC(=O)O1. The van der Waals surface area contributed by atoms with Gasteiger partial charge >= 0.3 is 48.5 Å². The minimum atomic E-state index is -0.703. The molecule has 21 nitrogen and oxygen atoms in total. The molecule has 69 heavy (non-hydrogen) atoms. The Morgan fingerprint density at radius 1 is 0.406 bits per heavy atom. The highest BCUT2D eigenvalue weighted by atomic mass is 16.8. The van der Waals surface area contributed by atoms with Crippen LogP contribution in [0.4, 0.5) is 19.2 Å². The molecule has 0 aromatic heterocycles. The van der Waals surface area contributed by atoms with Gasteiger partial charge in [0.15, 0.2) is 12.2 Å². The smallest absolute Gasteiger partial charge is 0.465 e. The van der Waals surface area contributed by atoms with E-state index in [1.165, 1.54) is 0 Å². The molecule has 0 N–H and O–H groups in total. The fourth-order valence-corrected chi connectivity index (χ4v) is 5.14. The molecule has 0 amide bonds. The fourth-order valence-electron chi connectivity index (χ4n) is 5.14. The van der Waals surface area contributed by atoms with Crippen molar-refractivity contribution in [1.29, 1.82) is 0 Å². The summed E-state index contributed by atoms with van der Waals surface area (Å²) in [5, 5.41) is 0. The van der Waals surface area contributed by atoms with Gasteiger partial charge in [-0.15, -0.1) is 0 Å². The second-order valence-electron chi connectivity index (χ2n) is 19.2. The Kier molecular flexibility index (Phi) is 28.0. The number of ether oxygens (including phenoxy) is 13. The lowest BCUT2D eigenvalue weighted by atomic mass is 9.91. The zero-order valence-corrected chi connectivity index (χ0v) is 43.0. The molecule has 21 heteroatoms. The van der Waals surface area contributed by atoms with Gasteiger partial charge in [-0.3, -0.25) is 19.2 Å². The summed E-state index contributed by atoms with van der Waals surface area (Å²) in [6.07, 6.45) is 4.15. The first-order valence-corrected chi connectivity index (χ1v) is 23.9.